The van der Waals surface area contributed by atoms with E-state index in [2.05, 4.69) is 4.74 Å². The second-order valence-corrected chi connectivity index (χ2v) is 2.44. The third-order valence-corrected chi connectivity index (χ3v) is 1.71. The minimum Gasteiger partial charge on any atom is -0.481 e. The predicted molar refractivity (Wildman–Crippen MR) is 38.0 cm³/mol. The normalized spacial score (nSPS) is 15.2. The van der Waals surface area contributed by atoms with Gasteiger partial charge < -0.3 is 9.84 Å². The smallest absolute Gasteiger partial charge is 0.309 e. The third kappa shape index (κ3) is 2.57. The van der Waals surface area contributed by atoms with E-state index in [1.807, 2.05) is 0 Å². The largest absolute Gasteiger partial charge is 0.481 e. The molecule has 0 aromatic carbocycles. The summed E-state index contributed by atoms with van der Waals surface area (Å²) < 4.78 is 4.38. The van der Waals surface area contributed by atoms with Crippen molar-refractivity contribution in [3.63, 3.8) is 0 Å². The number of hydrogen-bond donors (Lipinski definition) is 1. The van der Waals surface area contributed by atoms with E-state index in [9.17, 15) is 9.59 Å². The Bertz CT molecular complexity index is 164. The maximum atomic E-state index is 10.8. The number of methoxy groups -OCH3 is 1. The van der Waals surface area contributed by atoms with Gasteiger partial charge in [-0.25, -0.2) is 0 Å². The lowest BCUT2D eigenvalue weighted by Crippen LogP contribution is -2.26. The summed E-state index contributed by atoms with van der Waals surface area (Å²) in [7, 11) is 1.24. The Morgan fingerprint density at radius 2 is 1.73 bits per heavy atom. The molecule has 0 aliphatic carbocycles. The number of hydrogen-bond acceptors (Lipinski definition) is 3. The zero-order valence-corrected chi connectivity index (χ0v) is 6.83. The van der Waals surface area contributed by atoms with Crippen LogP contribution in [0.5, 0.6) is 0 Å². The first kappa shape index (κ1) is 9.94. The SMILES string of the molecule is COC(=O)[C@@H](C)[C@H](C)C(=O)O. The van der Waals surface area contributed by atoms with Crippen LogP contribution in [-0.4, -0.2) is 24.2 Å². The molecule has 0 rings (SSSR count). The maximum absolute atomic E-state index is 10.8. The topological polar surface area (TPSA) is 63.6 Å². The minimum atomic E-state index is -0.983. The molecular formula is C7H12O4. The summed E-state index contributed by atoms with van der Waals surface area (Å²) in [5.41, 5.74) is 0. The molecule has 0 bridgehead atoms. The molecule has 0 aliphatic heterocycles. The van der Waals surface area contributed by atoms with E-state index in [4.69, 9.17) is 5.11 Å². The van der Waals surface area contributed by atoms with Crippen LogP contribution in [0.4, 0.5) is 0 Å². The number of aliphatic carboxylic acids is 1. The quantitative estimate of drug-likeness (QED) is 0.611. The summed E-state index contributed by atoms with van der Waals surface area (Å²) in [5, 5.41) is 8.49. The predicted octanol–water partition coefficient (Wildman–Crippen LogP) is 0.516. The second-order valence-electron chi connectivity index (χ2n) is 2.44. The molecule has 64 valence electrons. The fourth-order valence-corrected chi connectivity index (χ4v) is 0.604. The first-order valence-corrected chi connectivity index (χ1v) is 3.31. The number of carbonyl (C=O) groups is 2. The van der Waals surface area contributed by atoms with Gasteiger partial charge in [0.2, 0.25) is 0 Å². The highest BCUT2D eigenvalue weighted by molar-refractivity contribution is 5.80. The molecule has 0 aliphatic rings. The van der Waals surface area contributed by atoms with Crippen LogP contribution < -0.4 is 0 Å². The molecule has 0 heterocycles. The zero-order chi connectivity index (χ0) is 9.02. The van der Waals surface area contributed by atoms with Crippen molar-refractivity contribution in [2.24, 2.45) is 11.8 Å². The molecule has 0 fully saturated rings. The van der Waals surface area contributed by atoms with Gasteiger partial charge in [-0.15, -0.1) is 0 Å². The van der Waals surface area contributed by atoms with E-state index in [0.717, 1.165) is 0 Å². The van der Waals surface area contributed by atoms with E-state index < -0.39 is 23.8 Å². The van der Waals surface area contributed by atoms with Crippen molar-refractivity contribution in [1.82, 2.24) is 0 Å². The summed E-state index contributed by atoms with van der Waals surface area (Å²) in [6, 6.07) is 0. The summed E-state index contributed by atoms with van der Waals surface area (Å²) in [6.07, 6.45) is 0. The Morgan fingerprint density at radius 3 is 2.00 bits per heavy atom. The Hall–Kier alpha value is -1.06. The molecule has 4 heteroatoms. The highest BCUT2D eigenvalue weighted by Gasteiger charge is 2.25. The molecule has 0 radical (unpaired) electrons. The molecule has 1 N–H and O–H groups in total. The van der Waals surface area contributed by atoms with E-state index in [1.54, 1.807) is 0 Å². The van der Waals surface area contributed by atoms with Gasteiger partial charge in [0.25, 0.3) is 0 Å². The molecule has 0 spiro atoms. The maximum Gasteiger partial charge on any atom is 0.309 e. The molecule has 0 amide bonds. The highest BCUT2D eigenvalue weighted by atomic mass is 16.5. The van der Waals surface area contributed by atoms with Gasteiger partial charge in [-0.2, -0.15) is 0 Å². The monoisotopic (exact) mass is 160 g/mol. The van der Waals surface area contributed by atoms with Gasteiger partial charge in [0.05, 0.1) is 18.9 Å². The van der Waals surface area contributed by atoms with Gasteiger partial charge in [0, 0.05) is 0 Å². The van der Waals surface area contributed by atoms with Gasteiger partial charge in [-0.3, -0.25) is 9.59 Å². The molecule has 0 aromatic heterocycles. The summed E-state index contributed by atoms with van der Waals surface area (Å²) in [5.74, 6) is -2.75. The average molecular weight is 160 g/mol. The number of ether oxygens (including phenoxy) is 1. The van der Waals surface area contributed by atoms with E-state index in [-0.39, 0.29) is 0 Å². The molecule has 0 saturated carbocycles. The van der Waals surface area contributed by atoms with Crippen molar-refractivity contribution in [3.8, 4) is 0 Å². The first-order valence-electron chi connectivity index (χ1n) is 3.31. The van der Waals surface area contributed by atoms with Crippen LogP contribution in [-0.2, 0) is 14.3 Å². The van der Waals surface area contributed by atoms with Crippen molar-refractivity contribution < 1.29 is 19.4 Å². The molecule has 11 heavy (non-hydrogen) atoms. The highest BCUT2D eigenvalue weighted by Crippen LogP contribution is 2.11. The van der Waals surface area contributed by atoms with Gasteiger partial charge in [-0.05, 0) is 0 Å². The number of carbonyl (C=O) groups excluding carboxylic acids is 1. The molecule has 4 nitrogen and oxygen atoms in total. The molecule has 0 aromatic rings. The molecule has 0 unspecified atom stereocenters. The number of esters is 1. The van der Waals surface area contributed by atoms with Gasteiger partial charge in [0.15, 0.2) is 0 Å². The lowest BCUT2D eigenvalue weighted by Gasteiger charge is -2.12. The molecule has 2 atom stereocenters. The fraction of sp³-hybridized carbons (Fsp3) is 0.714. The number of rotatable bonds is 3. The second kappa shape index (κ2) is 3.95. The van der Waals surface area contributed by atoms with Crippen LogP contribution in [0.15, 0.2) is 0 Å². The van der Waals surface area contributed by atoms with Crippen molar-refractivity contribution in [2.45, 2.75) is 13.8 Å². The van der Waals surface area contributed by atoms with Gasteiger partial charge >= 0.3 is 11.9 Å². The van der Waals surface area contributed by atoms with Crippen molar-refractivity contribution in [2.75, 3.05) is 7.11 Å². The minimum absolute atomic E-state index is 0.486. The zero-order valence-electron chi connectivity index (χ0n) is 6.83. The van der Waals surface area contributed by atoms with E-state index in [0.29, 0.717) is 0 Å². The van der Waals surface area contributed by atoms with Crippen LogP contribution in [0, 0.1) is 11.8 Å². The van der Waals surface area contributed by atoms with Crippen LogP contribution in [0.2, 0.25) is 0 Å². The van der Waals surface area contributed by atoms with Gasteiger partial charge in [0.1, 0.15) is 0 Å². The van der Waals surface area contributed by atoms with Crippen LogP contribution >= 0.6 is 0 Å². The Morgan fingerprint density at radius 1 is 1.27 bits per heavy atom. The van der Waals surface area contributed by atoms with Crippen molar-refractivity contribution in [3.05, 3.63) is 0 Å². The Balaban J connectivity index is 4.12. The van der Waals surface area contributed by atoms with Crippen LogP contribution in [0.25, 0.3) is 0 Å². The lowest BCUT2D eigenvalue weighted by atomic mass is 9.97. The standard InChI is InChI=1S/C7H12O4/c1-4(6(8)9)5(2)7(10)11-3/h4-5H,1-3H3,(H,8,9)/t4-,5-/m0/s1. The molecular weight excluding hydrogens is 148 g/mol. The summed E-state index contributed by atoms with van der Waals surface area (Å²) in [6.45, 7) is 3.01. The molecule has 0 saturated heterocycles. The average Bonchev–Trinajstić information content (AvgIpc) is 2.00. The third-order valence-electron chi connectivity index (χ3n) is 1.71. The lowest BCUT2D eigenvalue weighted by molar-refractivity contribution is -0.154. The summed E-state index contributed by atoms with van der Waals surface area (Å²) in [4.78, 5) is 21.1. The van der Waals surface area contributed by atoms with E-state index >= 15 is 0 Å². The van der Waals surface area contributed by atoms with Crippen molar-refractivity contribution in [1.29, 1.82) is 0 Å². The number of carboxylic acid groups (broad SMARTS) is 1. The van der Waals surface area contributed by atoms with Crippen LogP contribution in [0.3, 0.4) is 0 Å². The number of carboxylic acids is 1. The summed E-state index contributed by atoms with van der Waals surface area (Å²) >= 11 is 0. The Labute approximate surface area is 65.2 Å². The fourth-order valence-electron chi connectivity index (χ4n) is 0.604. The van der Waals surface area contributed by atoms with Crippen LogP contribution in [0.1, 0.15) is 13.8 Å². The van der Waals surface area contributed by atoms with Crippen molar-refractivity contribution >= 4 is 11.9 Å². The first-order chi connectivity index (χ1) is 5.00. The van der Waals surface area contributed by atoms with E-state index in [1.165, 1.54) is 21.0 Å². The Kier molecular flexibility index (Phi) is 3.57. The van der Waals surface area contributed by atoms with Gasteiger partial charge in [-0.1, -0.05) is 13.8 Å².